The molecule has 2 amide bonds. The molecule has 354 valence electrons. The Morgan fingerprint density at radius 1 is 0.896 bits per heavy atom. The predicted molar refractivity (Wildman–Crippen MR) is 255 cm³/mol. The van der Waals surface area contributed by atoms with E-state index in [1.165, 1.54) is 28.7 Å². The van der Waals surface area contributed by atoms with E-state index in [9.17, 15) is 14.4 Å². The highest BCUT2D eigenvalue weighted by Crippen LogP contribution is 2.47. The summed E-state index contributed by atoms with van der Waals surface area (Å²) in [6.45, 7) is 8.40. The van der Waals surface area contributed by atoms with Crippen molar-refractivity contribution < 1.29 is 23.1 Å². The number of aromatic nitrogens is 5. The zero-order chi connectivity index (χ0) is 46.4. The van der Waals surface area contributed by atoms with Gasteiger partial charge in [0.2, 0.25) is 23.5 Å². The Morgan fingerprint density at radius 2 is 1.64 bits per heavy atom. The van der Waals surface area contributed by atoms with Crippen LogP contribution in [-0.4, -0.2) is 105 Å². The number of imide groups is 1. The van der Waals surface area contributed by atoms with Crippen molar-refractivity contribution in [2.75, 3.05) is 72.9 Å². The van der Waals surface area contributed by atoms with Crippen LogP contribution in [0.2, 0.25) is 5.02 Å². The third-order valence-corrected chi connectivity index (χ3v) is 16.1. The minimum absolute atomic E-state index is 0.0965. The lowest BCUT2D eigenvalue weighted by molar-refractivity contribution is -0.134. The van der Waals surface area contributed by atoms with Crippen LogP contribution in [-0.2, 0) is 23.7 Å². The van der Waals surface area contributed by atoms with Gasteiger partial charge in [-0.3, -0.25) is 24.4 Å². The number of pyridine rings is 1. The van der Waals surface area contributed by atoms with Crippen molar-refractivity contribution in [1.29, 1.82) is 0 Å². The number of carbonyl (C=O) groups is 2. The van der Waals surface area contributed by atoms with Crippen LogP contribution in [0.15, 0.2) is 41.3 Å². The monoisotopic (exact) mass is 937 g/mol. The molecule has 1 saturated carbocycles. The molecule has 5 aliphatic heterocycles. The summed E-state index contributed by atoms with van der Waals surface area (Å²) in [6, 6.07) is 8.73. The molecule has 4 saturated heterocycles. The number of halogens is 3. The van der Waals surface area contributed by atoms with Gasteiger partial charge in [0.05, 0.1) is 40.6 Å². The number of amides is 2. The van der Waals surface area contributed by atoms with Crippen LogP contribution in [0.5, 0.6) is 5.75 Å². The van der Waals surface area contributed by atoms with Crippen LogP contribution in [0.4, 0.5) is 37.6 Å². The average Bonchev–Trinajstić information content (AvgIpc) is 4.12. The largest absolute Gasteiger partial charge is 0.480 e. The molecule has 0 radical (unpaired) electrons. The molecule has 3 N–H and O–H groups in total. The lowest BCUT2D eigenvalue weighted by Gasteiger charge is -2.47. The number of nitrogens with zero attached hydrogens (tertiary/aromatic N) is 8. The molecule has 67 heavy (non-hydrogen) atoms. The van der Waals surface area contributed by atoms with Crippen LogP contribution in [0.3, 0.4) is 0 Å². The minimum atomic E-state index is -3.12. The highest BCUT2D eigenvalue weighted by Gasteiger charge is 2.51. The molecule has 6 aliphatic rings. The quantitative estimate of drug-likeness (QED) is 0.134. The van der Waals surface area contributed by atoms with Gasteiger partial charge in [-0.2, -0.15) is 10.1 Å². The van der Waals surface area contributed by atoms with E-state index in [4.69, 9.17) is 26.4 Å². The van der Waals surface area contributed by atoms with Crippen LogP contribution in [0, 0.1) is 24.2 Å². The Bertz CT molecular complexity index is 2840. The van der Waals surface area contributed by atoms with Crippen molar-refractivity contribution in [3.8, 4) is 5.75 Å². The summed E-state index contributed by atoms with van der Waals surface area (Å²) >= 11 is 6.68. The van der Waals surface area contributed by atoms with E-state index in [1.54, 1.807) is 19.3 Å². The van der Waals surface area contributed by atoms with Gasteiger partial charge in [-0.25, -0.2) is 13.8 Å². The number of carbonyl (C=O) groups excluding carboxylic acids is 2. The number of benzene rings is 2. The number of fused-ring (bicyclic) bond motifs is 4. The standard InChI is InChI=1S/C49H58ClF2N11O4/c1-28-22-33-38(60(3)58-40(33)32-7-9-39(64)55-45(32)65)24-37(28)62-16-10-29(11-17-62)26-61-18-12-48(13-19-61)14-20-63(21-15-48)47-53-25-35(50)44(57-47)54-31-6-8-36-34(23-31)41-42(46(66)59(36)2)67-27-49(51,52)43(56-41)30-4-5-30/h6,8,22-25,29-30,32,43,56H,4-5,7,9-21,26-27H2,1-3H3,(H,53,54,57)(H,55,64,65)/t32?,43-/m0/s1. The first kappa shape index (κ1) is 44.0. The molecule has 1 spiro atoms. The van der Waals surface area contributed by atoms with E-state index in [0.29, 0.717) is 70.4 Å². The minimum Gasteiger partial charge on any atom is -0.480 e. The first-order valence-corrected chi connectivity index (χ1v) is 24.4. The lowest BCUT2D eigenvalue weighted by atomic mass is 9.71. The Balaban J connectivity index is 0.691. The molecule has 8 heterocycles. The summed E-state index contributed by atoms with van der Waals surface area (Å²) in [5, 5.41) is 15.6. The average molecular weight is 939 g/mol. The van der Waals surface area contributed by atoms with Crippen molar-refractivity contribution in [1.82, 2.24) is 34.5 Å². The molecular weight excluding hydrogens is 880 g/mol. The number of alkyl halides is 2. The summed E-state index contributed by atoms with van der Waals surface area (Å²) in [5.41, 5.74) is 5.54. The van der Waals surface area contributed by atoms with E-state index in [2.05, 4.69) is 54.7 Å². The molecule has 5 aromatic rings. The maximum Gasteiger partial charge on any atom is 0.301 e. The van der Waals surface area contributed by atoms with Gasteiger partial charge in [-0.1, -0.05) is 11.6 Å². The third kappa shape index (κ3) is 8.23. The lowest BCUT2D eigenvalue weighted by Crippen LogP contribution is -2.48. The van der Waals surface area contributed by atoms with Gasteiger partial charge in [0.15, 0.2) is 12.4 Å². The Hall–Kier alpha value is -5.55. The summed E-state index contributed by atoms with van der Waals surface area (Å²) in [7, 11) is 3.55. The van der Waals surface area contributed by atoms with Crippen molar-refractivity contribution in [2.24, 2.45) is 31.3 Å². The molecule has 2 aromatic carbocycles. The van der Waals surface area contributed by atoms with Crippen LogP contribution >= 0.6 is 11.6 Å². The van der Waals surface area contributed by atoms with Gasteiger partial charge in [0, 0.05) is 75.4 Å². The highest BCUT2D eigenvalue weighted by molar-refractivity contribution is 6.33. The van der Waals surface area contributed by atoms with Gasteiger partial charge >= 0.3 is 5.92 Å². The summed E-state index contributed by atoms with van der Waals surface area (Å²) in [4.78, 5) is 54.7. The SMILES string of the molecule is Cc1cc2c(C3CCC(=O)NC3=O)nn(C)c2cc1N1CCC(CN2CCC3(CC2)CCN(c2ncc(Cl)c(Nc4ccc5c(c4)c4c(c(=O)n5C)OCC(F)(F)[C@H](C5CC5)N4)n2)CC3)CC1. The molecule has 5 fully saturated rings. The summed E-state index contributed by atoms with van der Waals surface area (Å²) in [5.74, 6) is -2.57. The second-order valence-corrected chi connectivity index (χ2v) is 20.6. The number of hydrogen-bond acceptors (Lipinski definition) is 12. The fraction of sp³-hybridized carbons (Fsp3) is 0.551. The van der Waals surface area contributed by atoms with E-state index in [0.717, 1.165) is 88.1 Å². The summed E-state index contributed by atoms with van der Waals surface area (Å²) < 4.78 is 39.3. The Morgan fingerprint density at radius 3 is 2.37 bits per heavy atom. The number of rotatable bonds is 8. The number of aryl methyl sites for hydroxylation is 3. The number of ether oxygens (including phenoxy) is 1. The number of nitrogens with one attached hydrogen (secondary N) is 3. The Labute approximate surface area is 392 Å². The second-order valence-electron chi connectivity index (χ2n) is 20.2. The van der Waals surface area contributed by atoms with Crippen molar-refractivity contribution >= 4 is 74.0 Å². The third-order valence-electron chi connectivity index (χ3n) is 15.9. The molecule has 11 rings (SSSR count). The highest BCUT2D eigenvalue weighted by atomic mass is 35.5. The van der Waals surface area contributed by atoms with E-state index in [1.807, 2.05) is 23.9 Å². The fourth-order valence-electron chi connectivity index (χ4n) is 11.6. The van der Waals surface area contributed by atoms with Crippen LogP contribution in [0.25, 0.3) is 21.8 Å². The van der Waals surface area contributed by atoms with Crippen LogP contribution in [0.1, 0.15) is 81.4 Å². The van der Waals surface area contributed by atoms with Gasteiger partial charge in [0.1, 0.15) is 5.02 Å². The fourth-order valence-corrected chi connectivity index (χ4v) is 11.8. The maximum absolute atomic E-state index is 15.2. The molecular formula is C49H58ClF2N11O4. The maximum atomic E-state index is 15.2. The van der Waals surface area contributed by atoms with Crippen LogP contribution < -0.4 is 36.0 Å². The topological polar surface area (TPSA) is 155 Å². The van der Waals surface area contributed by atoms with Gasteiger partial charge in [0.25, 0.3) is 5.56 Å². The first-order chi connectivity index (χ1) is 32.2. The smallest absolute Gasteiger partial charge is 0.301 e. The zero-order valence-corrected chi connectivity index (χ0v) is 39.1. The first-order valence-electron chi connectivity index (χ1n) is 24.0. The van der Waals surface area contributed by atoms with E-state index < -0.39 is 30.0 Å². The second kappa shape index (κ2) is 16.9. The number of hydrogen-bond donors (Lipinski definition) is 3. The zero-order valence-electron chi connectivity index (χ0n) is 38.3. The normalized spacial score (nSPS) is 23.5. The van der Waals surface area contributed by atoms with Crippen molar-refractivity contribution in [3.05, 3.63) is 63.2 Å². The van der Waals surface area contributed by atoms with Gasteiger partial charge in [-0.05, 0) is 131 Å². The van der Waals surface area contributed by atoms with Gasteiger partial charge < -0.3 is 34.6 Å². The Kier molecular flexibility index (Phi) is 11.1. The summed E-state index contributed by atoms with van der Waals surface area (Å²) in [6.07, 6.45) is 10.7. The molecule has 18 heteroatoms. The van der Waals surface area contributed by atoms with E-state index in [-0.39, 0.29) is 29.2 Å². The number of anilines is 5. The molecule has 1 aliphatic carbocycles. The molecule has 2 atom stereocenters. The van der Waals surface area contributed by atoms with Crippen molar-refractivity contribution in [2.45, 2.75) is 89.0 Å². The molecule has 1 unspecified atom stereocenters. The van der Waals surface area contributed by atoms with Crippen molar-refractivity contribution in [3.63, 3.8) is 0 Å². The molecule has 15 nitrogen and oxygen atoms in total. The molecule has 0 bridgehead atoms. The van der Waals surface area contributed by atoms with E-state index >= 15 is 8.78 Å². The van der Waals surface area contributed by atoms with Gasteiger partial charge in [-0.15, -0.1) is 0 Å². The number of piperidine rings is 4. The predicted octanol–water partition coefficient (Wildman–Crippen LogP) is 7.26. The molecule has 3 aromatic heterocycles. The number of likely N-dealkylation sites (tertiary alicyclic amines) is 1.